The predicted molar refractivity (Wildman–Crippen MR) is 107 cm³/mol. The van der Waals surface area contributed by atoms with E-state index in [9.17, 15) is 14.4 Å². The molecule has 8 nitrogen and oxygen atoms in total. The van der Waals surface area contributed by atoms with Gasteiger partial charge in [0.15, 0.2) is 6.10 Å². The van der Waals surface area contributed by atoms with Crippen LogP contribution in [0.25, 0.3) is 0 Å². The van der Waals surface area contributed by atoms with Crippen molar-refractivity contribution in [2.75, 3.05) is 7.11 Å². The number of benzene rings is 2. The predicted octanol–water partition coefficient (Wildman–Crippen LogP) is 1.71. The fourth-order valence-corrected chi connectivity index (χ4v) is 2.32. The SMILES string of the molecule is COc1ccc(OC(C)C(=O)NNC(=O)CCC(=O)NCc2ccccc2)cc1. The summed E-state index contributed by atoms with van der Waals surface area (Å²) in [5, 5.41) is 2.74. The largest absolute Gasteiger partial charge is 0.497 e. The summed E-state index contributed by atoms with van der Waals surface area (Å²) in [6.45, 7) is 1.96. The highest BCUT2D eigenvalue weighted by Crippen LogP contribution is 2.18. The summed E-state index contributed by atoms with van der Waals surface area (Å²) in [4.78, 5) is 35.6. The highest BCUT2D eigenvalue weighted by molar-refractivity contribution is 5.86. The Morgan fingerprint density at radius 1 is 0.862 bits per heavy atom. The highest BCUT2D eigenvalue weighted by Gasteiger charge is 2.16. The Bertz CT molecular complexity index is 809. The van der Waals surface area contributed by atoms with Gasteiger partial charge in [-0.3, -0.25) is 25.2 Å². The van der Waals surface area contributed by atoms with Gasteiger partial charge in [-0.1, -0.05) is 30.3 Å². The van der Waals surface area contributed by atoms with Gasteiger partial charge in [0.05, 0.1) is 7.11 Å². The average molecular weight is 399 g/mol. The number of nitrogens with one attached hydrogen (secondary N) is 3. The second kappa shape index (κ2) is 11.3. The van der Waals surface area contributed by atoms with Gasteiger partial charge in [-0.05, 0) is 36.8 Å². The number of hydrogen-bond donors (Lipinski definition) is 3. The van der Waals surface area contributed by atoms with Gasteiger partial charge in [0.1, 0.15) is 11.5 Å². The van der Waals surface area contributed by atoms with E-state index >= 15 is 0 Å². The van der Waals surface area contributed by atoms with Crippen molar-refractivity contribution in [1.29, 1.82) is 0 Å². The van der Waals surface area contributed by atoms with Crippen molar-refractivity contribution in [2.24, 2.45) is 0 Å². The second-order valence-electron chi connectivity index (χ2n) is 6.24. The minimum Gasteiger partial charge on any atom is -0.497 e. The standard InChI is InChI=1S/C21H25N3O5/c1-15(29-18-10-8-17(28-2)9-11-18)21(27)24-23-20(26)13-12-19(25)22-14-16-6-4-3-5-7-16/h3-11,15H,12-14H2,1-2H3,(H,22,25)(H,23,26)(H,24,27). The summed E-state index contributed by atoms with van der Waals surface area (Å²) in [5.41, 5.74) is 5.54. The first-order valence-electron chi connectivity index (χ1n) is 9.18. The quantitative estimate of drug-likeness (QED) is 0.557. The lowest BCUT2D eigenvalue weighted by atomic mass is 10.2. The van der Waals surface area contributed by atoms with Crippen molar-refractivity contribution >= 4 is 17.7 Å². The van der Waals surface area contributed by atoms with Crippen LogP contribution in [0.15, 0.2) is 54.6 Å². The zero-order chi connectivity index (χ0) is 21.1. The number of hydrazine groups is 1. The molecule has 29 heavy (non-hydrogen) atoms. The smallest absolute Gasteiger partial charge is 0.279 e. The van der Waals surface area contributed by atoms with E-state index in [2.05, 4.69) is 16.2 Å². The van der Waals surface area contributed by atoms with Gasteiger partial charge in [-0.15, -0.1) is 0 Å². The summed E-state index contributed by atoms with van der Waals surface area (Å²) in [7, 11) is 1.56. The molecule has 0 aliphatic heterocycles. The molecule has 0 saturated heterocycles. The second-order valence-corrected chi connectivity index (χ2v) is 6.24. The maximum atomic E-state index is 12.0. The first kappa shape index (κ1) is 21.7. The number of carbonyl (C=O) groups excluding carboxylic acids is 3. The number of carbonyl (C=O) groups is 3. The molecule has 3 amide bonds. The molecule has 0 saturated carbocycles. The molecule has 0 heterocycles. The van der Waals surface area contributed by atoms with Gasteiger partial charge in [0.25, 0.3) is 5.91 Å². The van der Waals surface area contributed by atoms with E-state index in [0.29, 0.717) is 18.0 Å². The topological polar surface area (TPSA) is 106 Å². The number of hydrogen-bond acceptors (Lipinski definition) is 5. The molecule has 154 valence electrons. The minimum absolute atomic E-state index is 0.0203. The number of amides is 3. The van der Waals surface area contributed by atoms with Crippen LogP contribution in [0.5, 0.6) is 11.5 Å². The molecule has 0 aliphatic rings. The molecular formula is C21H25N3O5. The minimum atomic E-state index is -0.821. The zero-order valence-corrected chi connectivity index (χ0v) is 16.4. The first-order valence-corrected chi connectivity index (χ1v) is 9.18. The maximum Gasteiger partial charge on any atom is 0.279 e. The summed E-state index contributed by atoms with van der Waals surface area (Å²) < 4.78 is 10.6. The first-order chi connectivity index (χ1) is 14.0. The molecule has 0 fully saturated rings. The Kier molecular flexibility index (Phi) is 8.50. The third kappa shape index (κ3) is 7.92. The van der Waals surface area contributed by atoms with Crippen molar-refractivity contribution in [2.45, 2.75) is 32.4 Å². The summed E-state index contributed by atoms with van der Waals surface area (Å²) in [6.07, 6.45) is -0.848. The Morgan fingerprint density at radius 2 is 1.48 bits per heavy atom. The maximum absolute atomic E-state index is 12.0. The van der Waals surface area contributed by atoms with Crippen LogP contribution in [0.2, 0.25) is 0 Å². The van der Waals surface area contributed by atoms with Gasteiger partial charge < -0.3 is 14.8 Å². The van der Waals surface area contributed by atoms with Gasteiger partial charge in [0.2, 0.25) is 11.8 Å². The highest BCUT2D eigenvalue weighted by atomic mass is 16.5. The molecular weight excluding hydrogens is 374 g/mol. The number of ether oxygens (including phenoxy) is 2. The van der Waals surface area contributed by atoms with Crippen LogP contribution in [-0.4, -0.2) is 30.9 Å². The fraction of sp³-hybridized carbons (Fsp3) is 0.286. The monoisotopic (exact) mass is 399 g/mol. The number of methoxy groups -OCH3 is 1. The Balaban J connectivity index is 1.64. The fourth-order valence-electron chi connectivity index (χ4n) is 2.32. The average Bonchev–Trinajstić information content (AvgIpc) is 2.75. The van der Waals surface area contributed by atoms with Crippen molar-refractivity contribution in [3.05, 3.63) is 60.2 Å². The van der Waals surface area contributed by atoms with E-state index in [1.165, 1.54) is 0 Å². The van der Waals surface area contributed by atoms with E-state index in [1.807, 2.05) is 30.3 Å². The normalized spacial score (nSPS) is 11.1. The van der Waals surface area contributed by atoms with Crippen LogP contribution < -0.4 is 25.6 Å². The summed E-state index contributed by atoms with van der Waals surface area (Å²) in [5.74, 6) is -0.0523. The molecule has 8 heteroatoms. The van der Waals surface area contributed by atoms with E-state index in [4.69, 9.17) is 9.47 Å². The van der Waals surface area contributed by atoms with E-state index in [1.54, 1.807) is 38.3 Å². The van der Waals surface area contributed by atoms with E-state index in [-0.39, 0.29) is 18.7 Å². The van der Waals surface area contributed by atoms with Crippen LogP contribution in [0.4, 0.5) is 0 Å². The van der Waals surface area contributed by atoms with Gasteiger partial charge in [0, 0.05) is 19.4 Å². The van der Waals surface area contributed by atoms with Gasteiger partial charge in [-0.25, -0.2) is 0 Å². The van der Waals surface area contributed by atoms with Crippen molar-refractivity contribution in [1.82, 2.24) is 16.2 Å². The van der Waals surface area contributed by atoms with Crippen LogP contribution in [-0.2, 0) is 20.9 Å². The van der Waals surface area contributed by atoms with Gasteiger partial charge >= 0.3 is 0 Å². The molecule has 3 N–H and O–H groups in total. The lowest BCUT2D eigenvalue weighted by Crippen LogP contribution is -2.47. The molecule has 2 aromatic rings. The van der Waals surface area contributed by atoms with Crippen LogP contribution >= 0.6 is 0 Å². The van der Waals surface area contributed by atoms with Crippen LogP contribution in [0.1, 0.15) is 25.3 Å². The van der Waals surface area contributed by atoms with E-state index in [0.717, 1.165) is 5.56 Å². The van der Waals surface area contributed by atoms with Crippen LogP contribution in [0, 0.1) is 0 Å². The zero-order valence-electron chi connectivity index (χ0n) is 16.4. The molecule has 0 radical (unpaired) electrons. The lowest BCUT2D eigenvalue weighted by Gasteiger charge is -2.15. The molecule has 2 rings (SSSR count). The van der Waals surface area contributed by atoms with Crippen molar-refractivity contribution in [3.63, 3.8) is 0 Å². The molecule has 0 aliphatic carbocycles. The Labute approximate surface area is 169 Å². The van der Waals surface area contributed by atoms with Crippen LogP contribution in [0.3, 0.4) is 0 Å². The van der Waals surface area contributed by atoms with E-state index < -0.39 is 17.9 Å². The Hall–Kier alpha value is -3.55. The lowest BCUT2D eigenvalue weighted by molar-refractivity contribution is -0.133. The molecule has 1 unspecified atom stereocenters. The molecule has 0 bridgehead atoms. The van der Waals surface area contributed by atoms with Crippen molar-refractivity contribution in [3.8, 4) is 11.5 Å². The molecule has 1 atom stereocenters. The molecule has 0 aromatic heterocycles. The Morgan fingerprint density at radius 3 is 2.14 bits per heavy atom. The summed E-state index contributed by atoms with van der Waals surface area (Å²) >= 11 is 0. The molecule has 2 aromatic carbocycles. The van der Waals surface area contributed by atoms with Crippen molar-refractivity contribution < 1.29 is 23.9 Å². The third-order valence-electron chi connectivity index (χ3n) is 3.98. The third-order valence-corrected chi connectivity index (χ3v) is 3.98. The molecule has 0 spiro atoms. The summed E-state index contributed by atoms with van der Waals surface area (Å²) in [6, 6.07) is 16.2. The van der Waals surface area contributed by atoms with Gasteiger partial charge in [-0.2, -0.15) is 0 Å². The number of rotatable bonds is 9.